The van der Waals surface area contributed by atoms with Gasteiger partial charge in [0.15, 0.2) is 16.4 Å². The van der Waals surface area contributed by atoms with Crippen LogP contribution in [0.4, 0.5) is 13.2 Å². The highest BCUT2D eigenvalue weighted by Crippen LogP contribution is 2.25. The molecule has 1 unspecified atom stereocenters. The normalized spacial score (nSPS) is 17.7. The van der Waals surface area contributed by atoms with E-state index in [1.165, 1.54) is 11.8 Å². The Morgan fingerprint density at radius 3 is 2.50 bits per heavy atom. The van der Waals surface area contributed by atoms with Crippen LogP contribution in [0.1, 0.15) is 17.3 Å². The lowest BCUT2D eigenvalue weighted by Gasteiger charge is -2.29. The molecule has 1 fully saturated rings. The van der Waals surface area contributed by atoms with Crippen molar-refractivity contribution in [1.82, 2.24) is 15.2 Å². The fraction of sp³-hybridized carbons (Fsp3) is 0.533. The first-order valence-corrected chi connectivity index (χ1v) is 10.2. The van der Waals surface area contributed by atoms with Crippen LogP contribution in [0, 0.1) is 0 Å². The monoisotopic (exact) mass is 443 g/mol. The highest BCUT2D eigenvalue weighted by atomic mass is 35.5. The van der Waals surface area contributed by atoms with Crippen molar-refractivity contribution in [2.24, 2.45) is 0 Å². The number of nitrogens with one attached hydrogen (secondary N) is 1. The summed E-state index contributed by atoms with van der Waals surface area (Å²) in [5.74, 6) is -1.93. The molecule has 1 aromatic rings. The van der Waals surface area contributed by atoms with Crippen molar-refractivity contribution >= 4 is 33.3 Å². The summed E-state index contributed by atoms with van der Waals surface area (Å²) in [6.45, 7) is -0.0679. The van der Waals surface area contributed by atoms with Crippen LogP contribution < -0.4 is 10.1 Å². The molecule has 1 aliphatic rings. The van der Waals surface area contributed by atoms with Gasteiger partial charge >= 0.3 is 6.18 Å². The number of rotatable bonds is 5. The van der Waals surface area contributed by atoms with Gasteiger partial charge in [-0.2, -0.15) is 13.2 Å². The second kappa shape index (κ2) is 8.52. The molecule has 2 heterocycles. The van der Waals surface area contributed by atoms with Gasteiger partial charge in [-0.15, -0.1) is 0 Å². The van der Waals surface area contributed by atoms with Crippen molar-refractivity contribution in [2.45, 2.75) is 19.1 Å². The van der Waals surface area contributed by atoms with Gasteiger partial charge in [0.25, 0.3) is 5.91 Å². The zero-order valence-electron chi connectivity index (χ0n) is 14.6. The second-order valence-corrected chi connectivity index (χ2v) is 8.80. The molecule has 2 rings (SSSR count). The minimum Gasteiger partial charge on any atom is -0.467 e. The number of nitrogens with zero attached hydrogens (tertiary/aromatic N) is 2. The lowest BCUT2D eigenvalue weighted by atomic mass is 10.2. The van der Waals surface area contributed by atoms with Crippen LogP contribution in [0.15, 0.2) is 12.3 Å². The SMILES string of the molecule is CC(NC(=O)c1cnc(OCC(F)(F)F)c(Cl)c1)C(=O)N1CCS(=O)(=O)CC1. The summed E-state index contributed by atoms with van der Waals surface area (Å²) in [6, 6.07) is 0.119. The number of hydrogen-bond acceptors (Lipinski definition) is 6. The molecule has 1 saturated heterocycles. The van der Waals surface area contributed by atoms with E-state index in [0.717, 1.165) is 12.3 Å². The fourth-order valence-electron chi connectivity index (χ4n) is 2.35. The minimum absolute atomic E-state index is 0.0417. The fourth-order valence-corrected chi connectivity index (χ4v) is 3.78. The van der Waals surface area contributed by atoms with Crippen LogP contribution in [0.2, 0.25) is 5.02 Å². The average molecular weight is 444 g/mol. The van der Waals surface area contributed by atoms with Crippen molar-refractivity contribution in [3.05, 3.63) is 22.8 Å². The number of halogens is 4. The number of sulfone groups is 1. The van der Waals surface area contributed by atoms with E-state index < -0.39 is 46.4 Å². The molecule has 28 heavy (non-hydrogen) atoms. The zero-order chi connectivity index (χ0) is 21.1. The molecule has 1 atom stereocenters. The molecule has 1 aromatic heterocycles. The van der Waals surface area contributed by atoms with E-state index in [2.05, 4.69) is 15.0 Å². The molecule has 8 nitrogen and oxygen atoms in total. The zero-order valence-corrected chi connectivity index (χ0v) is 16.2. The second-order valence-electron chi connectivity index (χ2n) is 6.09. The summed E-state index contributed by atoms with van der Waals surface area (Å²) in [5.41, 5.74) is -0.0785. The first-order chi connectivity index (χ1) is 12.9. The lowest BCUT2D eigenvalue weighted by molar-refractivity contribution is -0.154. The lowest BCUT2D eigenvalue weighted by Crippen LogP contribution is -2.51. The van der Waals surface area contributed by atoms with E-state index in [0.29, 0.717) is 0 Å². The summed E-state index contributed by atoms with van der Waals surface area (Å²) in [6.07, 6.45) is -3.60. The Morgan fingerprint density at radius 1 is 1.36 bits per heavy atom. The van der Waals surface area contributed by atoms with E-state index in [1.807, 2.05) is 0 Å². The van der Waals surface area contributed by atoms with Crippen LogP contribution in [0.3, 0.4) is 0 Å². The van der Waals surface area contributed by atoms with Gasteiger partial charge in [0.1, 0.15) is 11.1 Å². The van der Waals surface area contributed by atoms with Gasteiger partial charge < -0.3 is 15.0 Å². The first-order valence-electron chi connectivity index (χ1n) is 8.03. The van der Waals surface area contributed by atoms with E-state index >= 15 is 0 Å². The number of pyridine rings is 1. The molecule has 13 heteroatoms. The Hall–Kier alpha value is -2.08. The third kappa shape index (κ3) is 6.23. The smallest absolute Gasteiger partial charge is 0.422 e. The maximum atomic E-state index is 12.3. The Kier molecular flexibility index (Phi) is 6.75. The molecule has 1 aliphatic heterocycles. The quantitative estimate of drug-likeness (QED) is 0.729. The molecular formula is C15H17ClF3N3O5S. The van der Waals surface area contributed by atoms with E-state index in [9.17, 15) is 31.2 Å². The van der Waals surface area contributed by atoms with Crippen LogP contribution in [-0.2, 0) is 14.6 Å². The predicted molar refractivity (Wildman–Crippen MR) is 93.0 cm³/mol. The van der Waals surface area contributed by atoms with Gasteiger partial charge in [-0.25, -0.2) is 13.4 Å². The number of carbonyl (C=O) groups excluding carboxylic acids is 2. The number of alkyl halides is 3. The molecule has 0 saturated carbocycles. The summed E-state index contributed by atoms with van der Waals surface area (Å²) in [7, 11) is -3.15. The highest BCUT2D eigenvalue weighted by molar-refractivity contribution is 7.91. The van der Waals surface area contributed by atoms with Crippen LogP contribution >= 0.6 is 11.6 Å². The first kappa shape index (κ1) is 22.2. The molecule has 2 amide bonds. The van der Waals surface area contributed by atoms with Crippen LogP contribution in [0.25, 0.3) is 0 Å². The number of ether oxygens (including phenoxy) is 1. The van der Waals surface area contributed by atoms with Crippen molar-refractivity contribution in [3.63, 3.8) is 0 Å². The number of aromatic nitrogens is 1. The highest BCUT2D eigenvalue weighted by Gasteiger charge is 2.30. The minimum atomic E-state index is -4.56. The summed E-state index contributed by atoms with van der Waals surface area (Å²) >= 11 is 5.78. The molecule has 0 aliphatic carbocycles. The average Bonchev–Trinajstić information content (AvgIpc) is 2.59. The van der Waals surface area contributed by atoms with Gasteiger partial charge in [-0.1, -0.05) is 11.6 Å². The molecule has 0 bridgehead atoms. The summed E-state index contributed by atoms with van der Waals surface area (Å²) in [4.78, 5) is 29.5. The van der Waals surface area contributed by atoms with Gasteiger partial charge in [0.05, 0.1) is 17.1 Å². The maximum absolute atomic E-state index is 12.3. The molecule has 0 aromatic carbocycles. The third-order valence-corrected chi connectivity index (χ3v) is 5.70. The number of carbonyl (C=O) groups is 2. The largest absolute Gasteiger partial charge is 0.467 e. The Labute approximate surface area is 163 Å². The van der Waals surface area contributed by atoms with E-state index in [1.54, 1.807) is 0 Å². The Balaban J connectivity index is 1.96. The summed E-state index contributed by atoms with van der Waals surface area (Å²) < 4.78 is 63.8. The molecule has 1 N–H and O–H groups in total. The van der Waals surface area contributed by atoms with Crippen LogP contribution in [0.5, 0.6) is 5.88 Å². The Morgan fingerprint density at radius 2 is 1.96 bits per heavy atom. The molecule has 0 radical (unpaired) electrons. The Bertz CT molecular complexity index is 849. The van der Waals surface area contributed by atoms with Gasteiger partial charge in [0.2, 0.25) is 11.8 Å². The molecular weight excluding hydrogens is 427 g/mol. The van der Waals surface area contributed by atoms with Crippen molar-refractivity contribution < 1.29 is 35.9 Å². The van der Waals surface area contributed by atoms with E-state index in [-0.39, 0.29) is 35.2 Å². The van der Waals surface area contributed by atoms with Crippen molar-refractivity contribution in [1.29, 1.82) is 0 Å². The van der Waals surface area contributed by atoms with Gasteiger partial charge in [-0.05, 0) is 13.0 Å². The third-order valence-electron chi connectivity index (χ3n) is 3.82. The molecule has 156 valence electrons. The molecule has 0 spiro atoms. The topological polar surface area (TPSA) is 106 Å². The number of amides is 2. The van der Waals surface area contributed by atoms with Crippen LogP contribution in [-0.4, -0.2) is 73.5 Å². The predicted octanol–water partition coefficient (Wildman–Crippen LogP) is 1.05. The van der Waals surface area contributed by atoms with Gasteiger partial charge in [-0.3, -0.25) is 9.59 Å². The van der Waals surface area contributed by atoms with Crippen molar-refractivity contribution in [2.75, 3.05) is 31.2 Å². The standard InChI is InChI=1S/C15H17ClF3N3O5S/c1-9(14(24)22-2-4-28(25,26)5-3-22)21-12(23)10-6-11(16)13(20-7-10)27-8-15(17,18)19/h6-7,9H,2-5,8H2,1H3,(H,21,23). The number of hydrogen-bond donors (Lipinski definition) is 1. The maximum Gasteiger partial charge on any atom is 0.422 e. The van der Waals surface area contributed by atoms with Crippen molar-refractivity contribution in [3.8, 4) is 5.88 Å². The summed E-state index contributed by atoms with van der Waals surface area (Å²) in [5, 5.41) is 2.12. The van der Waals surface area contributed by atoms with Gasteiger partial charge in [0, 0.05) is 19.3 Å². The van der Waals surface area contributed by atoms with E-state index in [4.69, 9.17) is 11.6 Å².